The van der Waals surface area contributed by atoms with Crippen molar-refractivity contribution in [2.75, 3.05) is 14.1 Å². The van der Waals surface area contributed by atoms with E-state index in [-0.39, 0.29) is 23.6 Å². The van der Waals surface area contributed by atoms with E-state index in [1.165, 1.54) is 12.1 Å². The molecule has 1 amide bonds. The summed E-state index contributed by atoms with van der Waals surface area (Å²) in [5.41, 5.74) is 0.870. The molecule has 0 saturated heterocycles. The third-order valence-corrected chi connectivity index (χ3v) is 2.60. The third-order valence-electron chi connectivity index (χ3n) is 2.60. The van der Waals surface area contributed by atoms with Crippen molar-refractivity contribution in [2.24, 2.45) is 5.92 Å². The van der Waals surface area contributed by atoms with Crippen LogP contribution in [0.15, 0.2) is 24.3 Å². The summed E-state index contributed by atoms with van der Waals surface area (Å²) >= 11 is 0. The molecule has 0 radical (unpaired) electrons. The molecular weight excluding hydrogens is 205 g/mol. The minimum atomic E-state index is -0.274. The Bertz CT molecular complexity index is 357. The first kappa shape index (κ1) is 12.7. The van der Waals surface area contributed by atoms with Gasteiger partial charge in [-0.15, -0.1) is 0 Å². The molecule has 0 bridgehead atoms. The van der Waals surface area contributed by atoms with E-state index in [2.05, 4.69) is 0 Å². The highest BCUT2D eigenvalue weighted by molar-refractivity contribution is 5.83. The van der Waals surface area contributed by atoms with Crippen LogP contribution in [0.25, 0.3) is 0 Å². The molecule has 2 nitrogen and oxygen atoms in total. The minimum Gasteiger partial charge on any atom is -0.348 e. The van der Waals surface area contributed by atoms with Crippen LogP contribution in [0.5, 0.6) is 0 Å². The van der Waals surface area contributed by atoms with Crippen molar-refractivity contribution in [1.29, 1.82) is 0 Å². The predicted octanol–water partition coefficient (Wildman–Crippen LogP) is 2.65. The number of nitrogens with zero attached hydrogens (tertiary/aromatic N) is 1. The molecular formula is C13H18FNO. The Kier molecular flexibility index (Phi) is 4.05. The second kappa shape index (κ2) is 5.10. The van der Waals surface area contributed by atoms with Gasteiger partial charge in [-0.1, -0.05) is 26.0 Å². The van der Waals surface area contributed by atoms with Gasteiger partial charge in [0.05, 0.1) is 5.92 Å². The summed E-state index contributed by atoms with van der Waals surface area (Å²) in [6.45, 7) is 3.99. The molecule has 0 aliphatic rings. The van der Waals surface area contributed by atoms with Gasteiger partial charge in [0.2, 0.25) is 5.91 Å². The average Bonchev–Trinajstić information content (AvgIpc) is 2.20. The summed E-state index contributed by atoms with van der Waals surface area (Å²) in [7, 11) is 3.47. The van der Waals surface area contributed by atoms with E-state index in [1.54, 1.807) is 31.1 Å². The van der Waals surface area contributed by atoms with Crippen molar-refractivity contribution in [3.63, 3.8) is 0 Å². The zero-order chi connectivity index (χ0) is 12.3. The van der Waals surface area contributed by atoms with Crippen LogP contribution in [0, 0.1) is 11.7 Å². The monoisotopic (exact) mass is 223 g/mol. The summed E-state index contributed by atoms with van der Waals surface area (Å²) < 4.78 is 12.8. The number of hydrogen-bond acceptors (Lipinski definition) is 1. The highest BCUT2D eigenvalue weighted by Gasteiger charge is 2.25. The lowest BCUT2D eigenvalue weighted by molar-refractivity contribution is -0.131. The van der Waals surface area contributed by atoms with E-state index in [0.717, 1.165) is 5.56 Å². The standard InChI is InChI=1S/C13H18FNO/c1-9(2)12(13(16)15(3)4)10-5-7-11(14)8-6-10/h5-9,12H,1-4H3/t12-/m0/s1. The van der Waals surface area contributed by atoms with E-state index >= 15 is 0 Å². The van der Waals surface area contributed by atoms with Crippen LogP contribution in [0.2, 0.25) is 0 Å². The van der Waals surface area contributed by atoms with Gasteiger partial charge in [-0.25, -0.2) is 4.39 Å². The van der Waals surface area contributed by atoms with Crippen molar-refractivity contribution in [1.82, 2.24) is 4.90 Å². The number of benzene rings is 1. The third kappa shape index (κ3) is 2.81. The summed E-state index contributed by atoms with van der Waals surface area (Å²) in [5.74, 6) is -0.221. The Morgan fingerprint density at radius 2 is 1.69 bits per heavy atom. The molecule has 0 saturated carbocycles. The molecule has 1 aromatic carbocycles. The van der Waals surface area contributed by atoms with Gasteiger partial charge in [-0.3, -0.25) is 4.79 Å². The van der Waals surface area contributed by atoms with Gasteiger partial charge in [0, 0.05) is 14.1 Å². The molecule has 1 atom stereocenters. The highest BCUT2D eigenvalue weighted by atomic mass is 19.1. The minimum absolute atomic E-state index is 0.0570. The largest absolute Gasteiger partial charge is 0.348 e. The SMILES string of the molecule is CC(C)[C@H](C(=O)N(C)C)c1ccc(F)cc1. The van der Waals surface area contributed by atoms with E-state index in [0.29, 0.717) is 0 Å². The topological polar surface area (TPSA) is 20.3 Å². The molecule has 0 spiro atoms. The lowest BCUT2D eigenvalue weighted by Crippen LogP contribution is -2.31. The quantitative estimate of drug-likeness (QED) is 0.771. The number of hydrogen-bond donors (Lipinski definition) is 0. The molecule has 88 valence electrons. The molecule has 0 fully saturated rings. The molecule has 0 aromatic heterocycles. The number of carbonyl (C=O) groups is 1. The molecule has 1 aromatic rings. The lowest BCUT2D eigenvalue weighted by atomic mass is 9.87. The smallest absolute Gasteiger partial charge is 0.229 e. The van der Waals surface area contributed by atoms with Crippen LogP contribution in [0.4, 0.5) is 4.39 Å². The highest BCUT2D eigenvalue weighted by Crippen LogP contribution is 2.26. The zero-order valence-corrected chi connectivity index (χ0v) is 10.2. The Labute approximate surface area is 96.1 Å². The van der Waals surface area contributed by atoms with Gasteiger partial charge in [-0.05, 0) is 23.6 Å². The fourth-order valence-electron chi connectivity index (χ4n) is 1.76. The maximum absolute atomic E-state index is 12.8. The Balaban J connectivity index is 3.03. The van der Waals surface area contributed by atoms with Crippen LogP contribution in [-0.2, 0) is 4.79 Å². The normalized spacial score (nSPS) is 12.6. The predicted molar refractivity (Wildman–Crippen MR) is 62.7 cm³/mol. The van der Waals surface area contributed by atoms with Gasteiger partial charge in [-0.2, -0.15) is 0 Å². The maximum Gasteiger partial charge on any atom is 0.229 e. The molecule has 0 heterocycles. The van der Waals surface area contributed by atoms with E-state index < -0.39 is 0 Å². The fraction of sp³-hybridized carbons (Fsp3) is 0.462. The van der Waals surface area contributed by atoms with Gasteiger partial charge in [0.15, 0.2) is 0 Å². The first-order chi connectivity index (χ1) is 7.43. The van der Waals surface area contributed by atoms with Gasteiger partial charge >= 0.3 is 0 Å². The summed E-state index contributed by atoms with van der Waals surface area (Å²) in [5, 5.41) is 0. The number of amides is 1. The van der Waals surface area contributed by atoms with Crippen LogP contribution in [0.1, 0.15) is 25.3 Å². The van der Waals surface area contributed by atoms with E-state index in [4.69, 9.17) is 0 Å². The molecule has 0 unspecified atom stereocenters. The second-order valence-electron chi connectivity index (χ2n) is 4.51. The van der Waals surface area contributed by atoms with Crippen LogP contribution >= 0.6 is 0 Å². The molecule has 1 rings (SSSR count). The van der Waals surface area contributed by atoms with Crippen LogP contribution < -0.4 is 0 Å². The van der Waals surface area contributed by atoms with Gasteiger partial charge in [0.1, 0.15) is 5.82 Å². The number of carbonyl (C=O) groups excluding carboxylic acids is 1. The van der Waals surface area contributed by atoms with Crippen LogP contribution in [-0.4, -0.2) is 24.9 Å². The second-order valence-corrected chi connectivity index (χ2v) is 4.51. The van der Waals surface area contributed by atoms with Crippen molar-refractivity contribution in [3.05, 3.63) is 35.6 Å². The maximum atomic E-state index is 12.8. The van der Waals surface area contributed by atoms with Crippen LogP contribution in [0.3, 0.4) is 0 Å². The summed E-state index contributed by atoms with van der Waals surface area (Å²) in [6, 6.07) is 6.16. The summed E-state index contributed by atoms with van der Waals surface area (Å²) in [4.78, 5) is 13.6. The molecule has 0 N–H and O–H groups in total. The Morgan fingerprint density at radius 3 is 2.06 bits per heavy atom. The van der Waals surface area contributed by atoms with E-state index in [1.807, 2.05) is 13.8 Å². The fourth-order valence-corrected chi connectivity index (χ4v) is 1.76. The zero-order valence-electron chi connectivity index (χ0n) is 10.2. The van der Waals surface area contributed by atoms with Crippen molar-refractivity contribution < 1.29 is 9.18 Å². The van der Waals surface area contributed by atoms with Crippen molar-refractivity contribution in [2.45, 2.75) is 19.8 Å². The first-order valence-corrected chi connectivity index (χ1v) is 5.40. The molecule has 16 heavy (non-hydrogen) atoms. The number of rotatable bonds is 3. The van der Waals surface area contributed by atoms with Gasteiger partial charge < -0.3 is 4.90 Å². The van der Waals surface area contributed by atoms with E-state index in [9.17, 15) is 9.18 Å². The number of likely N-dealkylation sites (N-methyl/N-ethyl adjacent to an activating group) is 1. The van der Waals surface area contributed by atoms with Crippen molar-refractivity contribution >= 4 is 5.91 Å². The molecule has 3 heteroatoms. The first-order valence-electron chi connectivity index (χ1n) is 5.40. The molecule has 0 aliphatic carbocycles. The molecule has 0 aliphatic heterocycles. The summed E-state index contributed by atoms with van der Waals surface area (Å²) in [6.07, 6.45) is 0. The average molecular weight is 223 g/mol. The Hall–Kier alpha value is -1.38. The van der Waals surface area contributed by atoms with Crippen molar-refractivity contribution in [3.8, 4) is 0 Å². The number of halogens is 1. The van der Waals surface area contributed by atoms with Gasteiger partial charge in [0.25, 0.3) is 0 Å². The Morgan fingerprint density at radius 1 is 1.19 bits per heavy atom. The lowest BCUT2D eigenvalue weighted by Gasteiger charge is -2.24.